The van der Waals surface area contributed by atoms with Gasteiger partial charge in [0.05, 0.1) is 0 Å². The van der Waals surface area contributed by atoms with E-state index >= 15 is 0 Å². The lowest BCUT2D eigenvalue weighted by Crippen LogP contribution is -2.32. The number of halogens is 1. The van der Waals surface area contributed by atoms with Gasteiger partial charge in [-0.3, -0.25) is 9.59 Å². The minimum absolute atomic E-state index is 0.0510. The first-order chi connectivity index (χ1) is 16.5. The summed E-state index contributed by atoms with van der Waals surface area (Å²) in [6.45, 7) is 2.47. The molecule has 1 fully saturated rings. The Hall–Kier alpha value is -3.51. The van der Waals surface area contributed by atoms with E-state index in [4.69, 9.17) is 0 Å². The summed E-state index contributed by atoms with van der Waals surface area (Å²) in [5.41, 5.74) is 4.27. The number of nitrogens with zero attached hydrogens (tertiary/aromatic N) is 1. The topological polar surface area (TPSA) is 61.4 Å². The SMILES string of the molecule is Cc1ccccc1C(=O)Nc1ccc(C(=O)N2CCCC(NC3CC3)c3cc(F)ccc32)cc1. The molecule has 3 aromatic rings. The van der Waals surface area contributed by atoms with Crippen LogP contribution in [0.3, 0.4) is 0 Å². The molecule has 0 aromatic heterocycles. The first-order valence-electron chi connectivity index (χ1n) is 11.8. The fraction of sp³-hybridized carbons (Fsp3) is 0.286. The second kappa shape index (κ2) is 9.39. The molecule has 5 nitrogen and oxygen atoms in total. The molecule has 0 radical (unpaired) electrons. The molecule has 174 valence electrons. The van der Waals surface area contributed by atoms with Gasteiger partial charge in [-0.2, -0.15) is 0 Å². The van der Waals surface area contributed by atoms with Gasteiger partial charge in [0.25, 0.3) is 11.8 Å². The van der Waals surface area contributed by atoms with Gasteiger partial charge >= 0.3 is 0 Å². The van der Waals surface area contributed by atoms with Crippen molar-refractivity contribution >= 4 is 23.2 Å². The van der Waals surface area contributed by atoms with Crippen molar-refractivity contribution in [2.24, 2.45) is 0 Å². The van der Waals surface area contributed by atoms with E-state index in [2.05, 4.69) is 10.6 Å². The minimum atomic E-state index is -0.288. The molecule has 3 aromatic carbocycles. The standard InChI is InChI=1S/C28H28FN3O2/c1-18-5-2-3-6-23(18)27(33)31-22-11-8-19(9-12-22)28(34)32-16-4-7-25(30-21-13-14-21)24-17-20(29)10-15-26(24)32/h2-3,5-6,8-12,15,17,21,25,30H,4,7,13-14,16H2,1H3,(H,31,33). The number of benzene rings is 3. The molecular formula is C28H28FN3O2. The summed E-state index contributed by atoms with van der Waals surface area (Å²) in [6.07, 6.45) is 3.99. The minimum Gasteiger partial charge on any atom is -0.322 e. The normalized spacial score (nSPS) is 17.6. The smallest absolute Gasteiger partial charge is 0.258 e. The fourth-order valence-electron chi connectivity index (χ4n) is 4.58. The van der Waals surface area contributed by atoms with Crippen molar-refractivity contribution in [2.45, 2.75) is 44.7 Å². The lowest BCUT2D eigenvalue weighted by atomic mass is 10.0. The quantitative estimate of drug-likeness (QED) is 0.523. The predicted molar refractivity (Wildman–Crippen MR) is 132 cm³/mol. The van der Waals surface area contributed by atoms with Crippen LogP contribution in [0.1, 0.15) is 63.6 Å². The Kier molecular flexibility index (Phi) is 6.16. The number of amides is 2. The molecule has 34 heavy (non-hydrogen) atoms. The summed E-state index contributed by atoms with van der Waals surface area (Å²) >= 11 is 0. The van der Waals surface area contributed by atoms with E-state index in [1.807, 2.05) is 25.1 Å². The highest BCUT2D eigenvalue weighted by atomic mass is 19.1. The van der Waals surface area contributed by atoms with Gasteiger partial charge in [0.1, 0.15) is 5.82 Å². The molecule has 1 heterocycles. The van der Waals surface area contributed by atoms with Crippen LogP contribution in [0.5, 0.6) is 0 Å². The van der Waals surface area contributed by atoms with Crippen molar-refractivity contribution < 1.29 is 14.0 Å². The highest BCUT2D eigenvalue weighted by Crippen LogP contribution is 2.36. The molecule has 2 N–H and O–H groups in total. The number of nitrogens with one attached hydrogen (secondary N) is 2. The van der Waals surface area contributed by atoms with Crippen LogP contribution in [0.15, 0.2) is 66.7 Å². The van der Waals surface area contributed by atoms with Crippen LogP contribution in [0.25, 0.3) is 0 Å². The zero-order valence-electron chi connectivity index (χ0n) is 19.2. The van der Waals surface area contributed by atoms with E-state index in [-0.39, 0.29) is 23.7 Å². The summed E-state index contributed by atoms with van der Waals surface area (Å²) in [5, 5.41) is 6.51. The number of anilines is 2. The summed E-state index contributed by atoms with van der Waals surface area (Å²) < 4.78 is 14.1. The second-order valence-electron chi connectivity index (χ2n) is 9.14. The van der Waals surface area contributed by atoms with E-state index in [0.29, 0.717) is 29.4 Å². The monoisotopic (exact) mass is 457 g/mol. The van der Waals surface area contributed by atoms with Gasteiger partial charge in [-0.1, -0.05) is 18.2 Å². The molecule has 2 amide bonds. The Morgan fingerprint density at radius 3 is 2.47 bits per heavy atom. The Labute approximate surface area is 199 Å². The van der Waals surface area contributed by atoms with E-state index in [9.17, 15) is 14.0 Å². The average molecular weight is 458 g/mol. The van der Waals surface area contributed by atoms with Gasteiger partial charge in [0.2, 0.25) is 0 Å². The maximum Gasteiger partial charge on any atom is 0.258 e. The summed E-state index contributed by atoms with van der Waals surface area (Å²) in [4.78, 5) is 27.8. The number of carbonyl (C=O) groups is 2. The molecule has 5 rings (SSSR count). The molecule has 0 spiro atoms. The Morgan fingerprint density at radius 1 is 0.971 bits per heavy atom. The van der Waals surface area contributed by atoms with Crippen molar-refractivity contribution in [1.29, 1.82) is 0 Å². The van der Waals surface area contributed by atoms with Crippen molar-refractivity contribution in [3.8, 4) is 0 Å². The molecular weight excluding hydrogens is 429 g/mol. The molecule has 0 bridgehead atoms. The molecule has 1 atom stereocenters. The lowest BCUT2D eigenvalue weighted by Gasteiger charge is -2.25. The molecule has 1 aliphatic carbocycles. The zero-order chi connectivity index (χ0) is 23.7. The summed E-state index contributed by atoms with van der Waals surface area (Å²) in [7, 11) is 0. The lowest BCUT2D eigenvalue weighted by molar-refractivity contribution is 0.0985. The van der Waals surface area contributed by atoms with Gasteiger partial charge in [0.15, 0.2) is 0 Å². The maximum atomic E-state index is 14.1. The summed E-state index contributed by atoms with van der Waals surface area (Å²) in [5.74, 6) is -0.601. The van der Waals surface area contributed by atoms with Gasteiger partial charge < -0.3 is 15.5 Å². The van der Waals surface area contributed by atoms with Crippen LogP contribution in [-0.2, 0) is 0 Å². The molecule has 1 saturated carbocycles. The van der Waals surface area contributed by atoms with Gasteiger partial charge in [0, 0.05) is 41.1 Å². The highest BCUT2D eigenvalue weighted by molar-refractivity contribution is 6.08. The number of hydrogen-bond acceptors (Lipinski definition) is 3. The van der Waals surface area contributed by atoms with Crippen LogP contribution >= 0.6 is 0 Å². The number of fused-ring (bicyclic) bond motifs is 1. The van der Waals surface area contributed by atoms with Crippen LogP contribution in [0.4, 0.5) is 15.8 Å². The third-order valence-electron chi connectivity index (χ3n) is 6.57. The van der Waals surface area contributed by atoms with Crippen LogP contribution in [0, 0.1) is 12.7 Å². The molecule has 1 unspecified atom stereocenters. The van der Waals surface area contributed by atoms with Crippen LogP contribution < -0.4 is 15.5 Å². The second-order valence-corrected chi connectivity index (χ2v) is 9.14. The highest BCUT2D eigenvalue weighted by Gasteiger charge is 2.31. The molecule has 0 saturated heterocycles. The third kappa shape index (κ3) is 4.73. The maximum absolute atomic E-state index is 14.1. The molecule has 2 aliphatic rings. The average Bonchev–Trinajstić information content (AvgIpc) is 3.67. The Morgan fingerprint density at radius 2 is 1.74 bits per heavy atom. The van der Waals surface area contributed by atoms with E-state index in [0.717, 1.165) is 42.5 Å². The predicted octanol–water partition coefficient (Wildman–Crippen LogP) is 5.62. The van der Waals surface area contributed by atoms with Crippen molar-refractivity contribution in [2.75, 3.05) is 16.8 Å². The van der Waals surface area contributed by atoms with Gasteiger partial charge in [-0.25, -0.2) is 4.39 Å². The number of carbonyl (C=O) groups excluding carboxylic acids is 2. The van der Waals surface area contributed by atoms with E-state index in [1.54, 1.807) is 47.4 Å². The zero-order valence-corrected chi connectivity index (χ0v) is 19.2. The van der Waals surface area contributed by atoms with E-state index in [1.165, 1.54) is 6.07 Å². The van der Waals surface area contributed by atoms with Crippen LogP contribution in [-0.4, -0.2) is 24.4 Å². The molecule has 6 heteroatoms. The third-order valence-corrected chi connectivity index (χ3v) is 6.57. The van der Waals surface area contributed by atoms with E-state index < -0.39 is 0 Å². The number of aryl methyl sites for hydroxylation is 1. The number of rotatable bonds is 5. The number of hydrogen-bond donors (Lipinski definition) is 2. The Bertz CT molecular complexity index is 1220. The first-order valence-corrected chi connectivity index (χ1v) is 11.8. The Balaban J connectivity index is 1.35. The van der Waals surface area contributed by atoms with Gasteiger partial charge in [-0.15, -0.1) is 0 Å². The van der Waals surface area contributed by atoms with Crippen LogP contribution in [0.2, 0.25) is 0 Å². The molecule has 1 aliphatic heterocycles. The van der Waals surface area contributed by atoms with Crippen molar-refractivity contribution in [3.05, 3.63) is 94.8 Å². The fourth-order valence-corrected chi connectivity index (χ4v) is 4.58. The summed E-state index contributed by atoms with van der Waals surface area (Å²) in [6, 6.07) is 19.6. The first kappa shape index (κ1) is 22.3. The van der Waals surface area contributed by atoms with Crippen molar-refractivity contribution in [3.63, 3.8) is 0 Å². The largest absolute Gasteiger partial charge is 0.322 e. The van der Waals surface area contributed by atoms with Crippen molar-refractivity contribution in [1.82, 2.24) is 5.32 Å². The van der Waals surface area contributed by atoms with Gasteiger partial charge in [-0.05, 0) is 92.3 Å².